The van der Waals surface area contributed by atoms with Gasteiger partial charge in [-0.3, -0.25) is 9.69 Å². The van der Waals surface area contributed by atoms with Crippen LogP contribution in [-0.4, -0.2) is 40.6 Å². The lowest BCUT2D eigenvalue weighted by Crippen LogP contribution is -2.50. The molecule has 2 aromatic rings. The van der Waals surface area contributed by atoms with Gasteiger partial charge in [0.15, 0.2) is 5.82 Å². The minimum absolute atomic E-state index is 0.0279. The Balaban J connectivity index is 1.62. The van der Waals surface area contributed by atoms with Gasteiger partial charge in [0.1, 0.15) is 0 Å². The molecule has 0 unspecified atom stereocenters. The summed E-state index contributed by atoms with van der Waals surface area (Å²) in [5.41, 5.74) is 1.41. The molecule has 0 aliphatic carbocycles. The van der Waals surface area contributed by atoms with Crippen molar-refractivity contribution in [2.75, 3.05) is 24.5 Å². The molecule has 7 heteroatoms. The van der Waals surface area contributed by atoms with Crippen LogP contribution in [0, 0.1) is 11.3 Å². The lowest BCUT2D eigenvalue weighted by atomic mass is 10.2. The monoisotopic (exact) mass is 311 g/mol. The fraction of sp³-hybridized carbons (Fsp3) is 0.375. The number of benzene rings is 1. The lowest BCUT2D eigenvalue weighted by Gasteiger charge is -2.33. The number of anilines is 1. The van der Waals surface area contributed by atoms with Crippen LogP contribution >= 0.6 is 0 Å². The topological polar surface area (TPSA) is 86.3 Å². The maximum absolute atomic E-state index is 12.4. The van der Waals surface area contributed by atoms with E-state index < -0.39 is 0 Å². The Hall–Kier alpha value is -2.72. The second kappa shape index (κ2) is 6.58. The molecule has 0 radical (unpaired) electrons. The van der Waals surface area contributed by atoms with Crippen molar-refractivity contribution < 1.29 is 9.32 Å². The van der Waals surface area contributed by atoms with Crippen molar-refractivity contribution in [3.63, 3.8) is 0 Å². The molecule has 118 valence electrons. The van der Waals surface area contributed by atoms with Crippen molar-refractivity contribution in [1.29, 1.82) is 5.26 Å². The van der Waals surface area contributed by atoms with Crippen molar-refractivity contribution in [1.82, 2.24) is 15.0 Å². The summed E-state index contributed by atoms with van der Waals surface area (Å²) >= 11 is 0. The fourth-order valence-electron chi connectivity index (χ4n) is 2.54. The van der Waals surface area contributed by atoms with E-state index in [-0.39, 0.29) is 5.91 Å². The standard InChI is InChI=1S/C16H17N5O2/c1-2-15-18-14(19-23-15)10-20-7-8-21(16(22)11-20)13-5-3-12(9-17)4-6-13/h3-6H,2,7-8,10-11H2,1H3. The minimum atomic E-state index is 0.0279. The predicted octanol–water partition coefficient (Wildman–Crippen LogP) is 1.35. The molecule has 1 fully saturated rings. The largest absolute Gasteiger partial charge is 0.339 e. The van der Waals surface area contributed by atoms with E-state index in [0.717, 1.165) is 12.2 Å². The Morgan fingerprint density at radius 2 is 2.09 bits per heavy atom. The van der Waals surface area contributed by atoms with Gasteiger partial charge >= 0.3 is 0 Å². The van der Waals surface area contributed by atoms with Crippen LogP contribution in [0.1, 0.15) is 24.2 Å². The van der Waals surface area contributed by atoms with Gasteiger partial charge in [0.25, 0.3) is 0 Å². The van der Waals surface area contributed by atoms with Gasteiger partial charge in [0.2, 0.25) is 11.8 Å². The number of nitrogens with zero attached hydrogens (tertiary/aromatic N) is 5. The number of nitriles is 1. The number of piperazine rings is 1. The summed E-state index contributed by atoms with van der Waals surface area (Å²) in [7, 11) is 0. The van der Waals surface area contributed by atoms with E-state index in [0.29, 0.717) is 43.3 Å². The van der Waals surface area contributed by atoms with Crippen LogP contribution in [0.25, 0.3) is 0 Å². The quantitative estimate of drug-likeness (QED) is 0.847. The third-order valence-corrected chi connectivity index (χ3v) is 3.79. The SMILES string of the molecule is CCc1nc(CN2CCN(c3ccc(C#N)cc3)C(=O)C2)no1. The average Bonchev–Trinajstić information content (AvgIpc) is 3.03. The highest BCUT2D eigenvalue weighted by Gasteiger charge is 2.26. The summed E-state index contributed by atoms with van der Waals surface area (Å²) in [6.45, 7) is 4.12. The van der Waals surface area contributed by atoms with Gasteiger partial charge in [-0.2, -0.15) is 10.2 Å². The molecule has 3 rings (SSSR count). The first-order chi connectivity index (χ1) is 11.2. The second-order valence-corrected chi connectivity index (χ2v) is 5.37. The van der Waals surface area contributed by atoms with Gasteiger partial charge in [-0.15, -0.1) is 0 Å². The molecule has 23 heavy (non-hydrogen) atoms. The first kappa shape index (κ1) is 15.2. The third kappa shape index (κ3) is 3.38. The highest BCUT2D eigenvalue weighted by Crippen LogP contribution is 2.18. The molecule has 0 saturated carbocycles. The van der Waals surface area contributed by atoms with Gasteiger partial charge in [0, 0.05) is 25.2 Å². The molecule has 1 aliphatic heterocycles. The van der Waals surface area contributed by atoms with E-state index in [1.165, 1.54) is 0 Å². The number of amides is 1. The Morgan fingerprint density at radius 1 is 1.30 bits per heavy atom. The lowest BCUT2D eigenvalue weighted by molar-refractivity contribution is -0.121. The van der Waals surface area contributed by atoms with Crippen molar-refractivity contribution in [2.45, 2.75) is 19.9 Å². The van der Waals surface area contributed by atoms with Crippen LogP contribution in [0.15, 0.2) is 28.8 Å². The normalized spacial score (nSPS) is 15.7. The highest BCUT2D eigenvalue weighted by atomic mass is 16.5. The Bertz CT molecular complexity index is 732. The predicted molar refractivity (Wildman–Crippen MR) is 82.5 cm³/mol. The molecule has 1 aliphatic rings. The number of carbonyl (C=O) groups excluding carboxylic acids is 1. The van der Waals surface area contributed by atoms with Crippen LogP contribution in [0.3, 0.4) is 0 Å². The van der Waals surface area contributed by atoms with E-state index in [2.05, 4.69) is 16.2 Å². The van der Waals surface area contributed by atoms with E-state index in [1.807, 2.05) is 11.8 Å². The first-order valence-corrected chi connectivity index (χ1v) is 7.54. The number of aromatic nitrogens is 2. The zero-order valence-corrected chi connectivity index (χ0v) is 12.9. The van der Waals surface area contributed by atoms with Gasteiger partial charge in [0.05, 0.1) is 24.7 Å². The summed E-state index contributed by atoms with van der Waals surface area (Å²) in [5, 5.41) is 12.7. The molecule has 1 saturated heterocycles. The van der Waals surface area contributed by atoms with E-state index in [9.17, 15) is 4.79 Å². The molecule has 1 aromatic heterocycles. The summed E-state index contributed by atoms with van der Waals surface area (Å²) in [6, 6.07) is 9.13. The van der Waals surface area contributed by atoms with E-state index in [4.69, 9.17) is 9.78 Å². The number of carbonyl (C=O) groups is 1. The zero-order valence-electron chi connectivity index (χ0n) is 12.9. The maximum Gasteiger partial charge on any atom is 0.241 e. The molecular weight excluding hydrogens is 294 g/mol. The van der Waals surface area contributed by atoms with Crippen molar-refractivity contribution in [3.05, 3.63) is 41.5 Å². The molecule has 7 nitrogen and oxygen atoms in total. The molecule has 1 aromatic carbocycles. The molecule has 0 atom stereocenters. The molecule has 1 amide bonds. The fourth-order valence-corrected chi connectivity index (χ4v) is 2.54. The summed E-state index contributed by atoms with van der Waals surface area (Å²) in [5.74, 6) is 1.25. The number of hydrogen-bond acceptors (Lipinski definition) is 6. The van der Waals surface area contributed by atoms with Gasteiger partial charge < -0.3 is 9.42 Å². The summed E-state index contributed by atoms with van der Waals surface area (Å²) in [6.07, 6.45) is 0.707. The van der Waals surface area contributed by atoms with Crippen LogP contribution < -0.4 is 4.90 Å². The highest BCUT2D eigenvalue weighted by molar-refractivity contribution is 5.95. The second-order valence-electron chi connectivity index (χ2n) is 5.37. The van der Waals surface area contributed by atoms with Gasteiger partial charge in [-0.05, 0) is 24.3 Å². The summed E-state index contributed by atoms with van der Waals surface area (Å²) in [4.78, 5) is 20.4. The van der Waals surface area contributed by atoms with Crippen LogP contribution in [0.5, 0.6) is 0 Å². The van der Waals surface area contributed by atoms with Crippen LogP contribution in [0.2, 0.25) is 0 Å². The number of hydrogen-bond donors (Lipinski definition) is 0. The van der Waals surface area contributed by atoms with Crippen molar-refractivity contribution in [2.24, 2.45) is 0 Å². The van der Waals surface area contributed by atoms with E-state index >= 15 is 0 Å². The molecular formula is C16H17N5O2. The van der Waals surface area contributed by atoms with Crippen molar-refractivity contribution >= 4 is 11.6 Å². The van der Waals surface area contributed by atoms with Crippen LogP contribution in [-0.2, 0) is 17.8 Å². The number of aryl methyl sites for hydroxylation is 1. The Labute approximate surface area is 134 Å². The maximum atomic E-state index is 12.4. The molecule has 0 spiro atoms. The first-order valence-electron chi connectivity index (χ1n) is 7.54. The third-order valence-electron chi connectivity index (χ3n) is 3.79. The smallest absolute Gasteiger partial charge is 0.241 e. The van der Waals surface area contributed by atoms with Crippen LogP contribution in [0.4, 0.5) is 5.69 Å². The average molecular weight is 311 g/mol. The van der Waals surface area contributed by atoms with E-state index in [1.54, 1.807) is 29.2 Å². The van der Waals surface area contributed by atoms with Gasteiger partial charge in [-0.25, -0.2) is 0 Å². The summed E-state index contributed by atoms with van der Waals surface area (Å²) < 4.78 is 5.08. The number of rotatable bonds is 4. The molecule has 2 heterocycles. The minimum Gasteiger partial charge on any atom is -0.339 e. The Kier molecular flexibility index (Phi) is 4.35. The van der Waals surface area contributed by atoms with Gasteiger partial charge in [-0.1, -0.05) is 12.1 Å². The molecule has 0 N–H and O–H groups in total. The van der Waals surface area contributed by atoms with Crippen molar-refractivity contribution in [3.8, 4) is 6.07 Å². The Morgan fingerprint density at radius 3 is 2.70 bits per heavy atom. The zero-order chi connectivity index (χ0) is 16.2. The molecule has 0 bridgehead atoms.